The van der Waals surface area contributed by atoms with Gasteiger partial charge in [-0.15, -0.1) is 0 Å². The summed E-state index contributed by atoms with van der Waals surface area (Å²) in [5, 5.41) is 8.17. The van der Waals surface area contributed by atoms with Crippen molar-refractivity contribution < 1.29 is 32.2 Å². The van der Waals surface area contributed by atoms with Crippen LogP contribution in [0, 0.1) is 0 Å². The van der Waals surface area contributed by atoms with Crippen LogP contribution in [-0.4, -0.2) is 41.3 Å². The largest absolute Gasteiger partial charge is 0.481 e. The number of carboxylic acids is 1. The van der Waals surface area contributed by atoms with Crippen molar-refractivity contribution in [1.29, 1.82) is 0 Å². The van der Waals surface area contributed by atoms with Gasteiger partial charge in [-0.1, -0.05) is 0 Å². The van der Waals surface area contributed by atoms with Crippen LogP contribution in [0.4, 0.5) is 0 Å². The molecule has 3 N–H and O–H groups in total. The van der Waals surface area contributed by atoms with E-state index in [9.17, 15) is 4.79 Å². The van der Waals surface area contributed by atoms with E-state index in [-0.39, 0.29) is 12.5 Å². The molecule has 0 aliphatic carbocycles. The van der Waals surface area contributed by atoms with E-state index in [1.165, 1.54) is 0 Å². The first-order chi connectivity index (χ1) is 5.79. The van der Waals surface area contributed by atoms with Crippen LogP contribution < -0.4 is 0 Å². The summed E-state index contributed by atoms with van der Waals surface area (Å²) in [4.78, 5) is 9.92. The molecule has 1 fully saturated rings. The molecular weight excluding hydrogens is 204 g/mol. The fourth-order valence-electron chi connectivity index (χ4n) is 0.640. The van der Waals surface area contributed by atoms with Crippen molar-refractivity contribution in [3.8, 4) is 0 Å². The lowest BCUT2D eigenvalue weighted by molar-refractivity contribution is -0.144. The third-order valence-corrected chi connectivity index (χ3v) is 1.20. The van der Waals surface area contributed by atoms with Gasteiger partial charge in [0.15, 0.2) is 0 Å². The molecule has 0 aromatic heterocycles. The van der Waals surface area contributed by atoms with Crippen molar-refractivity contribution in [3.63, 3.8) is 0 Å². The Morgan fingerprint density at radius 1 is 1.46 bits per heavy atom. The van der Waals surface area contributed by atoms with E-state index in [0.717, 1.165) is 13.0 Å². The zero-order valence-corrected chi connectivity index (χ0v) is 7.40. The molecule has 78 valence electrons. The highest BCUT2D eigenvalue weighted by Gasteiger charge is 2.20. The van der Waals surface area contributed by atoms with Gasteiger partial charge in [-0.2, -0.15) is 8.42 Å². The molecule has 1 aliphatic heterocycles. The number of hydrogen-bond acceptors (Lipinski definition) is 4. The summed E-state index contributed by atoms with van der Waals surface area (Å²) in [6.45, 7) is 0.734. The van der Waals surface area contributed by atoms with E-state index in [2.05, 4.69) is 0 Å². The normalized spacial score (nSPS) is 20.9. The zero-order valence-electron chi connectivity index (χ0n) is 6.58. The Hall–Kier alpha value is -0.700. The molecule has 0 amide bonds. The molecule has 0 spiro atoms. The molecule has 1 aliphatic rings. The fourth-order valence-corrected chi connectivity index (χ4v) is 0.640. The lowest BCUT2D eigenvalue weighted by Gasteiger charge is -2.24. The topological polar surface area (TPSA) is 121 Å². The van der Waals surface area contributed by atoms with Crippen LogP contribution in [0.15, 0.2) is 0 Å². The van der Waals surface area contributed by atoms with Crippen molar-refractivity contribution in [2.24, 2.45) is 0 Å². The summed E-state index contributed by atoms with van der Waals surface area (Å²) in [6.07, 6.45) is 1.08. The maximum Gasteiger partial charge on any atom is 0.394 e. The molecule has 1 heterocycles. The number of hydrogen-bond donors (Lipinski definition) is 3. The molecule has 0 radical (unpaired) electrons. The number of ether oxygens (including phenoxy) is 1. The van der Waals surface area contributed by atoms with E-state index in [1.54, 1.807) is 0 Å². The lowest BCUT2D eigenvalue weighted by Crippen LogP contribution is -2.28. The quantitative estimate of drug-likeness (QED) is 0.534. The highest BCUT2D eigenvalue weighted by Crippen LogP contribution is 2.13. The van der Waals surface area contributed by atoms with Gasteiger partial charge in [0.2, 0.25) is 0 Å². The zero-order chi connectivity index (χ0) is 10.5. The minimum atomic E-state index is -4.67. The van der Waals surface area contributed by atoms with Gasteiger partial charge in [-0.25, -0.2) is 0 Å². The van der Waals surface area contributed by atoms with Gasteiger partial charge < -0.3 is 9.84 Å². The fraction of sp³-hybridized carbons (Fsp3) is 0.800. The van der Waals surface area contributed by atoms with Gasteiger partial charge in [0.1, 0.15) is 0 Å². The molecule has 0 aromatic carbocycles. The predicted molar refractivity (Wildman–Crippen MR) is 40.8 cm³/mol. The lowest BCUT2D eigenvalue weighted by atomic mass is 10.1. The summed E-state index contributed by atoms with van der Waals surface area (Å²) in [5.74, 6) is -0.769. The molecule has 0 aromatic rings. The highest BCUT2D eigenvalue weighted by atomic mass is 32.3. The van der Waals surface area contributed by atoms with Gasteiger partial charge >= 0.3 is 16.4 Å². The van der Waals surface area contributed by atoms with Crippen molar-refractivity contribution >= 4 is 16.4 Å². The van der Waals surface area contributed by atoms with Crippen molar-refractivity contribution in [2.75, 3.05) is 6.61 Å². The van der Waals surface area contributed by atoms with Crippen LogP contribution >= 0.6 is 0 Å². The van der Waals surface area contributed by atoms with Crippen molar-refractivity contribution in [2.45, 2.75) is 18.9 Å². The summed E-state index contributed by atoms with van der Waals surface area (Å²) < 4.78 is 36.4. The monoisotopic (exact) mass is 214 g/mol. The molecule has 1 saturated heterocycles. The standard InChI is InChI=1S/C5H8O3.H2O4S/c6-5(7)3-4-1-2-8-4;1-5(2,3)4/h4H,1-3H2,(H,6,7);(H2,1,2,3,4). The Morgan fingerprint density at radius 3 is 1.92 bits per heavy atom. The molecule has 1 atom stereocenters. The summed E-state index contributed by atoms with van der Waals surface area (Å²) in [6, 6.07) is 0. The smallest absolute Gasteiger partial charge is 0.394 e. The van der Waals surface area contributed by atoms with E-state index >= 15 is 0 Å². The maximum absolute atomic E-state index is 9.92. The SMILES string of the molecule is O=C(O)CC1CCO1.O=S(=O)(O)O. The first kappa shape index (κ1) is 12.3. The highest BCUT2D eigenvalue weighted by molar-refractivity contribution is 7.79. The molecule has 7 nitrogen and oxygen atoms in total. The Bertz CT molecular complexity index is 244. The maximum atomic E-state index is 9.92. The third-order valence-electron chi connectivity index (χ3n) is 1.20. The van der Waals surface area contributed by atoms with E-state index in [4.69, 9.17) is 27.4 Å². The van der Waals surface area contributed by atoms with E-state index < -0.39 is 16.4 Å². The minimum absolute atomic E-state index is 0.00694. The first-order valence-corrected chi connectivity index (χ1v) is 4.72. The van der Waals surface area contributed by atoms with Crippen LogP contribution in [-0.2, 0) is 19.9 Å². The number of rotatable bonds is 2. The van der Waals surface area contributed by atoms with Gasteiger partial charge in [0, 0.05) is 6.61 Å². The third kappa shape index (κ3) is 11.3. The Labute approximate surface area is 74.9 Å². The Morgan fingerprint density at radius 2 is 1.85 bits per heavy atom. The van der Waals surface area contributed by atoms with Gasteiger partial charge in [-0.05, 0) is 6.42 Å². The second-order valence-electron chi connectivity index (χ2n) is 2.33. The summed E-state index contributed by atoms with van der Waals surface area (Å²) >= 11 is 0. The molecule has 0 bridgehead atoms. The summed E-state index contributed by atoms with van der Waals surface area (Å²) in [7, 11) is -4.67. The molecular formula is C5H10O7S. The van der Waals surface area contributed by atoms with Crippen molar-refractivity contribution in [3.05, 3.63) is 0 Å². The first-order valence-electron chi connectivity index (χ1n) is 3.32. The van der Waals surface area contributed by atoms with Gasteiger partial charge in [-0.3, -0.25) is 13.9 Å². The molecule has 0 saturated carbocycles. The molecule has 1 rings (SSSR count). The molecule has 8 heteroatoms. The second-order valence-corrected chi connectivity index (χ2v) is 3.22. The average molecular weight is 214 g/mol. The predicted octanol–water partition coefficient (Wildman–Crippen LogP) is -0.403. The minimum Gasteiger partial charge on any atom is -0.481 e. The van der Waals surface area contributed by atoms with Crippen LogP contribution in [0.25, 0.3) is 0 Å². The van der Waals surface area contributed by atoms with E-state index in [1.807, 2.05) is 0 Å². The van der Waals surface area contributed by atoms with Crippen LogP contribution in [0.1, 0.15) is 12.8 Å². The van der Waals surface area contributed by atoms with Gasteiger partial charge in [0.05, 0.1) is 12.5 Å². The number of aliphatic carboxylic acids is 1. The number of carbonyl (C=O) groups is 1. The Kier molecular flexibility index (Phi) is 4.85. The van der Waals surface area contributed by atoms with Crippen LogP contribution in [0.2, 0.25) is 0 Å². The van der Waals surface area contributed by atoms with Crippen molar-refractivity contribution in [1.82, 2.24) is 0 Å². The van der Waals surface area contributed by atoms with Gasteiger partial charge in [0.25, 0.3) is 0 Å². The van der Waals surface area contributed by atoms with Crippen LogP contribution in [0.3, 0.4) is 0 Å². The molecule has 13 heavy (non-hydrogen) atoms. The van der Waals surface area contributed by atoms with Crippen LogP contribution in [0.5, 0.6) is 0 Å². The average Bonchev–Trinajstić information content (AvgIpc) is 1.74. The summed E-state index contributed by atoms with van der Waals surface area (Å²) in [5.41, 5.74) is 0. The number of carboxylic acid groups (broad SMARTS) is 1. The Balaban J connectivity index is 0.000000252. The molecule has 1 unspecified atom stereocenters. The second kappa shape index (κ2) is 5.12. The van der Waals surface area contributed by atoms with E-state index in [0.29, 0.717) is 0 Å².